The molecule has 0 fully saturated rings. The van der Waals surface area contributed by atoms with Crippen molar-refractivity contribution in [3.8, 4) is 5.69 Å². The summed E-state index contributed by atoms with van der Waals surface area (Å²) < 4.78 is 6.71. The highest BCUT2D eigenvalue weighted by Crippen LogP contribution is 2.07. The van der Waals surface area contributed by atoms with Gasteiger partial charge in [0, 0.05) is 25.4 Å². The first-order valence-electron chi connectivity index (χ1n) is 5.82. The number of hydrogen-bond acceptors (Lipinski definition) is 4. The number of ether oxygens (including phenoxy) is 1. The number of nitrogens with one attached hydrogen (secondary N) is 1. The Morgan fingerprint density at radius 1 is 1.22 bits per heavy atom. The highest BCUT2D eigenvalue weighted by Gasteiger charge is 2.00. The number of methoxy groups -OCH3 is 1. The fourth-order valence-electron chi connectivity index (χ4n) is 1.50. The summed E-state index contributed by atoms with van der Waals surface area (Å²) in [6.07, 6.45) is 3.79. The molecule has 5 heteroatoms. The van der Waals surface area contributed by atoms with Gasteiger partial charge in [0.1, 0.15) is 0 Å². The lowest BCUT2D eigenvalue weighted by molar-refractivity contribution is 0.00346. The van der Waals surface area contributed by atoms with Gasteiger partial charge < -0.3 is 4.74 Å². The van der Waals surface area contributed by atoms with Gasteiger partial charge in [-0.05, 0) is 12.1 Å². The van der Waals surface area contributed by atoms with Crippen LogP contribution in [0.1, 0.15) is 5.56 Å². The monoisotopic (exact) mass is 247 g/mol. The average Bonchev–Trinajstić information content (AvgIpc) is 2.88. The summed E-state index contributed by atoms with van der Waals surface area (Å²) in [5.74, 6) is 0. The molecule has 1 aromatic heterocycles. The molecule has 2 rings (SSSR count). The predicted octanol–water partition coefficient (Wildman–Crippen LogP) is 1.54. The molecule has 2 aromatic rings. The van der Waals surface area contributed by atoms with E-state index in [0.29, 0.717) is 19.8 Å². The van der Waals surface area contributed by atoms with Gasteiger partial charge in [0.05, 0.1) is 25.1 Å². The minimum absolute atomic E-state index is 0.531. The number of benzene rings is 1. The van der Waals surface area contributed by atoms with E-state index in [1.165, 1.54) is 0 Å². The zero-order chi connectivity index (χ0) is 12.6. The summed E-state index contributed by atoms with van der Waals surface area (Å²) in [5.41, 5.74) is 4.98. The van der Waals surface area contributed by atoms with Gasteiger partial charge in [0.15, 0.2) is 0 Å². The van der Waals surface area contributed by atoms with Crippen molar-refractivity contribution >= 4 is 0 Å². The maximum absolute atomic E-state index is 5.18. The van der Waals surface area contributed by atoms with E-state index >= 15 is 0 Å². The Morgan fingerprint density at radius 3 is 2.83 bits per heavy atom. The minimum Gasteiger partial charge on any atom is -0.382 e. The van der Waals surface area contributed by atoms with E-state index in [1.54, 1.807) is 7.11 Å². The van der Waals surface area contributed by atoms with Gasteiger partial charge in [-0.15, -0.1) is 0 Å². The Kier molecular flexibility index (Phi) is 4.89. The van der Waals surface area contributed by atoms with Crippen molar-refractivity contribution in [1.82, 2.24) is 15.3 Å². The molecule has 0 unspecified atom stereocenters. The predicted molar refractivity (Wildman–Crippen MR) is 68.2 cm³/mol. The molecule has 0 radical (unpaired) electrons. The first-order chi connectivity index (χ1) is 8.90. The van der Waals surface area contributed by atoms with Crippen LogP contribution in [0, 0.1) is 0 Å². The summed E-state index contributed by atoms with van der Waals surface area (Å²) in [4.78, 5) is 5.18. The molecule has 0 aliphatic heterocycles. The highest BCUT2D eigenvalue weighted by molar-refractivity contribution is 5.30. The number of nitrogens with zero attached hydrogens (tertiary/aromatic N) is 2. The first kappa shape index (κ1) is 12.8. The van der Waals surface area contributed by atoms with E-state index in [0.717, 1.165) is 11.3 Å². The normalized spacial score (nSPS) is 10.7. The topological polar surface area (TPSA) is 48.3 Å². The summed E-state index contributed by atoms with van der Waals surface area (Å²) in [5, 5.41) is 4.30. The Morgan fingerprint density at radius 2 is 2.06 bits per heavy atom. The summed E-state index contributed by atoms with van der Waals surface area (Å²) in [6.45, 7) is 1.73. The lowest BCUT2D eigenvalue weighted by Gasteiger charge is -2.03. The van der Waals surface area contributed by atoms with E-state index in [2.05, 4.69) is 10.6 Å². The fourth-order valence-corrected chi connectivity index (χ4v) is 1.50. The van der Waals surface area contributed by atoms with Crippen LogP contribution in [0.25, 0.3) is 5.69 Å². The molecule has 1 heterocycles. The van der Waals surface area contributed by atoms with Gasteiger partial charge in [-0.3, -0.25) is 4.84 Å². The molecule has 5 nitrogen and oxygen atoms in total. The Balaban J connectivity index is 1.83. The molecule has 0 saturated heterocycles. The van der Waals surface area contributed by atoms with Crippen LogP contribution in [0.3, 0.4) is 0 Å². The van der Waals surface area contributed by atoms with E-state index in [-0.39, 0.29) is 0 Å². The number of para-hydroxylation sites is 1. The zero-order valence-corrected chi connectivity index (χ0v) is 10.4. The van der Waals surface area contributed by atoms with Crippen molar-refractivity contribution in [2.45, 2.75) is 6.54 Å². The molecule has 1 N–H and O–H groups in total. The van der Waals surface area contributed by atoms with Crippen molar-refractivity contribution in [1.29, 1.82) is 0 Å². The van der Waals surface area contributed by atoms with E-state index < -0.39 is 0 Å². The van der Waals surface area contributed by atoms with Gasteiger partial charge in [-0.2, -0.15) is 10.6 Å². The van der Waals surface area contributed by atoms with Crippen LogP contribution in [0.2, 0.25) is 0 Å². The van der Waals surface area contributed by atoms with Crippen LogP contribution in [-0.4, -0.2) is 30.1 Å². The summed E-state index contributed by atoms with van der Waals surface area (Å²) >= 11 is 0. The lowest BCUT2D eigenvalue weighted by atomic mass is 10.3. The van der Waals surface area contributed by atoms with Crippen LogP contribution < -0.4 is 5.48 Å². The zero-order valence-electron chi connectivity index (χ0n) is 10.4. The van der Waals surface area contributed by atoms with Crippen LogP contribution in [0.4, 0.5) is 0 Å². The standard InChI is InChI=1S/C13H17N3O2/c1-17-7-8-18-15-10-12-9-14-16(11-12)13-5-3-2-4-6-13/h2-6,9,11,15H,7-8,10H2,1H3. The van der Waals surface area contributed by atoms with Gasteiger partial charge >= 0.3 is 0 Å². The summed E-state index contributed by atoms with van der Waals surface area (Å²) in [7, 11) is 1.65. The first-order valence-corrected chi connectivity index (χ1v) is 5.82. The maximum atomic E-state index is 5.18. The largest absolute Gasteiger partial charge is 0.382 e. The van der Waals surface area contributed by atoms with Crippen LogP contribution >= 0.6 is 0 Å². The molecule has 0 amide bonds. The molecular formula is C13H17N3O2. The SMILES string of the molecule is COCCONCc1cnn(-c2ccccc2)c1. The Labute approximate surface area is 106 Å². The number of hydrogen-bond donors (Lipinski definition) is 1. The smallest absolute Gasteiger partial charge is 0.0916 e. The third kappa shape index (κ3) is 3.66. The van der Waals surface area contributed by atoms with Crippen molar-refractivity contribution in [2.75, 3.05) is 20.3 Å². The minimum atomic E-state index is 0.531. The van der Waals surface area contributed by atoms with Crippen molar-refractivity contribution in [3.63, 3.8) is 0 Å². The van der Waals surface area contributed by atoms with Crippen molar-refractivity contribution in [3.05, 3.63) is 48.3 Å². The highest BCUT2D eigenvalue weighted by atomic mass is 16.7. The third-order valence-corrected chi connectivity index (χ3v) is 2.42. The quantitative estimate of drug-likeness (QED) is 0.595. The second kappa shape index (κ2) is 6.90. The van der Waals surface area contributed by atoms with Crippen molar-refractivity contribution in [2.24, 2.45) is 0 Å². The molecular weight excluding hydrogens is 230 g/mol. The van der Waals surface area contributed by atoms with Crippen LogP contribution in [0.15, 0.2) is 42.7 Å². The second-order valence-electron chi connectivity index (χ2n) is 3.79. The van der Waals surface area contributed by atoms with Gasteiger partial charge in [-0.1, -0.05) is 18.2 Å². The number of aromatic nitrogens is 2. The molecule has 0 aliphatic carbocycles. The molecule has 96 valence electrons. The maximum Gasteiger partial charge on any atom is 0.0916 e. The Hall–Kier alpha value is -1.69. The van der Waals surface area contributed by atoms with Gasteiger partial charge in [0.2, 0.25) is 0 Å². The van der Waals surface area contributed by atoms with E-state index in [9.17, 15) is 0 Å². The lowest BCUT2D eigenvalue weighted by Crippen LogP contribution is -2.16. The fraction of sp³-hybridized carbons (Fsp3) is 0.308. The average molecular weight is 247 g/mol. The molecule has 1 aromatic carbocycles. The number of rotatable bonds is 7. The van der Waals surface area contributed by atoms with Gasteiger partial charge in [-0.25, -0.2) is 4.68 Å². The van der Waals surface area contributed by atoms with Gasteiger partial charge in [0.25, 0.3) is 0 Å². The van der Waals surface area contributed by atoms with E-state index in [4.69, 9.17) is 9.57 Å². The number of hydroxylamine groups is 1. The second-order valence-corrected chi connectivity index (χ2v) is 3.79. The molecule has 0 atom stereocenters. The summed E-state index contributed by atoms with van der Waals surface area (Å²) in [6, 6.07) is 9.99. The molecule has 0 bridgehead atoms. The molecule has 0 spiro atoms. The molecule has 0 saturated carbocycles. The molecule has 0 aliphatic rings. The Bertz CT molecular complexity index is 456. The van der Waals surface area contributed by atoms with Crippen LogP contribution in [0.5, 0.6) is 0 Å². The van der Waals surface area contributed by atoms with Crippen molar-refractivity contribution < 1.29 is 9.57 Å². The van der Waals surface area contributed by atoms with E-state index in [1.807, 2.05) is 47.4 Å². The molecule has 18 heavy (non-hydrogen) atoms. The van der Waals surface area contributed by atoms with Crippen LogP contribution in [-0.2, 0) is 16.1 Å². The third-order valence-electron chi connectivity index (χ3n) is 2.42.